The van der Waals surface area contributed by atoms with Crippen molar-refractivity contribution in [1.82, 2.24) is 0 Å². The molecule has 0 heterocycles. The van der Waals surface area contributed by atoms with Gasteiger partial charge < -0.3 is 5.11 Å². The molecule has 1 aliphatic carbocycles. The second kappa shape index (κ2) is 8.95. The topological polar surface area (TPSA) is 37.3 Å². The maximum Gasteiger partial charge on any atom is 0.303 e. The zero-order chi connectivity index (χ0) is 21.3. The smallest absolute Gasteiger partial charge is 0.303 e. The molecule has 30 heavy (non-hydrogen) atoms. The van der Waals surface area contributed by atoms with Crippen molar-refractivity contribution >= 4 is 39.9 Å². The van der Waals surface area contributed by atoms with Crippen LogP contribution in [0.2, 0.25) is 5.02 Å². The summed E-state index contributed by atoms with van der Waals surface area (Å²) in [5, 5.41) is 11.8. The number of aryl methyl sites for hydroxylation is 1. The Morgan fingerprint density at radius 2 is 1.77 bits per heavy atom. The van der Waals surface area contributed by atoms with Crippen molar-refractivity contribution in [3.8, 4) is 0 Å². The molecule has 5 heteroatoms. The fourth-order valence-corrected chi connectivity index (χ4v) is 5.32. The minimum atomic E-state index is -0.922. The number of carboxylic acids is 1. The van der Waals surface area contributed by atoms with Crippen LogP contribution in [-0.2, 0) is 17.6 Å². The first-order valence-electron chi connectivity index (χ1n) is 10.2. The van der Waals surface area contributed by atoms with E-state index in [9.17, 15) is 9.18 Å². The third-order valence-corrected chi connectivity index (χ3v) is 7.14. The highest BCUT2D eigenvalue weighted by Crippen LogP contribution is 2.45. The number of alkyl halides is 1. The molecule has 4 rings (SSSR count). The summed E-state index contributed by atoms with van der Waals surface area (Å²) in [5.41, 5.74) is 2.59. The van der Waals surface area contributed by atoms with Gasteiger partial charge in [0.1, 0.15) is 5.82 Å². The first-order valence-corrected chi connectivity index (χ1v) is 11.1. The van der Waals surface area contributed by atoms with Crippen LogP contribution in [0.3, 0.4) is 0 Å². The molecule has 1 N–H and O–H groups in total. The van der Waals surface area contributed by atoms with Gasteiger partial charge in [-0.25, -0.2) is 4.39 Å². The van der Waals surface area contributed by atoms with Crippen molar-refractivity contribution in [2.75, 3.05) is 0 Å². The molecular weight excluding hydrogens is 422 g/mol. The summed E-state index contributed by atoms with van der Waals surface area (Å²) in [6, 6.07) is 17.3. The molecule has 3 aromatic carbocycles. The largest absolute Gasteiger partial charge is 0.481 e. The molecule has 0 aliphatic heterocycles. The molecule has 1 aliphatic rings. The molecule has 2 nitrogen and oxygen atoms in total. The number of hydrogen-bond donors (Lipinski definition) is 1. The van der Waals surface area contributed by atoms with E-state index >= 15 is 0 Å². The second-order valence-electron chi connectivity index (χ2n) is 8.06. The number of carbonyl (C=O) groups is 1. The lowest BCUT2D eigenvalue weighted by atomic mass is 9.83. The Morgan fingerprint density at radius 3 is 2.50 bits per heavy atom. The van der Waals surface area contributed by atoms with Crippen molar-refractivity contribution in [2.24, 2.45) is 5.92 Å². The summed E-state index contributed by atoms with van der Waals surface area (Å²) in [6.45, 7) is 0. The molecule has 0 spiro atoms. The molecular formula is C25H23Cl2FO2. The van der Waals surface area contributed by atoms with E-state index in [4.69, 9.17) is 28.3 Å². The summed E-state index contributed by atoms with van der Waals surface area (Å²) < 4.78 is 14.6. The number of rotatable bonds is 6. The lowest BCUT2D eigenvalue weighted by Crippen LogP contribution is -2.17. The average molecular weight is 445 g/mol. The number of halogens is 3. The van der Waals surface area contributed by atoms with Gasteiger partial charge in [0.2, 0.25) is 0 Å². The van der Waals surface area contributed by atoms with Gasteiger partial charge in [0.25, 0.3) is 0 Å². The second-order valence-corrected chi connectivity index (χ2v) is 9.03. The van der Waals surface area contributed by atoms with Crippen molar-refractivity contribution in [3.63, 3.8) is 0 Å². The van der Waals surface area contributed by atoms with Gasteiger partial charge in [-0.3, -0.25) is 4.79 Å². The molecule has 1 fully saturated rings. The van der Waals surface area contributed by atoms with Crippen molar-refractivity contribution in [1.29, 1.82) is 0 Å². The van der Waals surface area contributed by atoms with Gasteiger partial charge in [0, 0.05) is 22.2 Å². The summed E-state index contributed by atoms with van der Waals surface area (Å²) in [6.07, 6.45) is 2.74. The average Bonchev–Trinajstić information content (AvgIpc) is 3.09. The Bertz CT molecular complexity index is 1080. The quantitative estimate of drug-likeness (QED) is 0.415. The van der Waals surface area contributed by atoms with Crippen molar-refractivity contribution in [3.05, 3.63) is 82.1 Å². The predicted molar refractivity (Wildman–Crippen MR) is 120 cm³/mol. The highest BCUT2D eigenvalue weighted by molar-refractivity contribution is 6.35. The minimum Gasteiger partial charge on any atom is -0.481 e. The molecule has 1 saturated carbocycles. The maximum absolute atomic E-state index is 14.6. The van der Waals surface area contributed by atoms with E-state index in [0.717, 1.165) is 40.6 Å². The summed E-state index contributed by atoms with van der Waals surface area (Å²) in [5.74, 6) is -0.887. The van der Waals surface area contributed by atoms with Gasteiger partial charge in [0.05, 0.1) is 0 Å². The number of hydrogen-bond acceptors (Lipinski definition) is 1. The standard InChI is InChI=1S/C25H23Cl2FO2/c26-22-10-7-16(18-3-1-2-4-20(18)22)13-21-19(9-11-23(21)27)17-6-5-15(24(28)14-17)8-12-25(29)30/h1-7,10,14,19,21,23H,8-9,11-13H2,(H,29,30)/t19-,21?,23?/m1/s1. The van der Waals surface area contributed by atoms with Gasteiger partial charge in [0.15, 0.2) is 0 Å². The van der Waals surface area contributed by atoms with Crippen molar-refractivity contribution in [2.45, 2.75) is 43.4 Å². The zero-order valence-electron chi connectivity index (χ0n) is 16.5. The molecule has 0 aromatic heterocycles. The molecule has 0 amide bonds. The van der Waals surface area contributed by atoms with Crippen molar-refractivity contribution < 1.29 is 14.3 Å². The number of benzene rings is 3. The highest BCUT2D eigenvalue weighted by Gasteiger charge is 2.36. The molecule has 2 unspecified atom stereocenters. The molecule has 3 aromatic rings. The Kier molecular flexibility index (Phi) is 6.31. The fourth-order valence-electron chi connectivity index (χ4n) is 4.70. The Hall–Kier alpha value is -2.10. The molecule has 156 valence electrons. The maximum atomic E-state index is 14.6. The summed E-state index contributed by atoms with van der Waals surface area (Å²) >= 11 is 13.1. The SMILES string of the molecule is O=C(O)CCc1ccc([C@H]2CCC(Cl)C2Cc2ccc(Cl)c3ccccc23)cc1F. The van der Waals surface area contributed by atoms with Gasteiger partial charge in [-0.1, -0.05) is 54.1 Å². The Labute approximate surface area is 185 Å². The summed E-state index contributed by atoms with van der Waals surface area (Å²) in [7, 11) is 0. The van der Waals surface area contributed by atoms with Gasteiger partial charge in [-0.2, -0.15) is 0 Å². The lowest BCUT2D eigenvalue weighted by Gasteiger charge is -2.24. The van der Waals surface area contributed by atoms with E-state index in [1.165, 1.54) is 5.56 Å². The van der Waals surface area contributed by atoms with E-state index in [2.05, 4.69) is 12.1 Å². The molecule has 3 atom stereocenters. The highest BCUT2D eigenvalue weighted by atomic mass is 35.5. The van der Waals surface area contributed by atoms with E-state index < -0.39 is 5.97 Å². The molecule has 0 radical (unpaired) electrons. The molecule has 0 bridgehead atoms. The number of carboxylic acid groups (broad SMARTS) is 1. The first-order chi connectivity index (χ1) is 14.4. The lowest BCUT2D eigenvalue weighted by molar-refractivity contribution is -0.136. The van der Waals surface area contributed by atoms with Crippen LogP contribution in [-0.4, -0.2) is 16.5 Å². The number of aliphatic carboxylic acids is 1. The van der Waals surface area contributed by atoms with E-state index in [-0.39, 0.29) is 35.9 Å². The van der Waals surface area contributed by atoms with E-state index in [1.807, 2.05) is 30.3 Å². The van der Waals surface area contributed by atoms with E-state index in [0.29, 0.717) is 5.56 Å². The van der Waals surface area contributed by atoms with Crippen LogP contribution in [0, 0.1) is 11.7 Å². The Balaban J connectivity index is 1.61. The van der Waals surface area contributed by atoms with E-state index in [1.54, 1.807) is 12.1 Å². The van der Waals surface area contributed by atoms with Crippen LogP contribution in [0.1, 0.15) is 41.9 Å². The normalized spacial score (nSPS) is 21.2. The van der Waals surface area contributed by atoms with Crippen LogP contribution < -0.4 is 0 Å². The first kappa shape index (κ1) is 21.1. The predicted octanol–water partition coefficient (Wildman–Crippen LogP) is 6.99. The van der Waals surface area contributed by atoms with Crippen LogP contribution in [0.25, 0.3) is 10.8 Å². The zero-order valence-corrected chi connectivity index (χ0v) is 18.0. The van der Waals surface area contributed by atoms with Crippen LogP contribution in [0.4, 0.5) is 4.39 Å². The summed E-state index contributed by atoms with van der Waals surface area (Å²) in [4.78, 5) is 10.8. The van der Waals surface area contributed by atoms with Gasteiger partial charge in [-0.05, 0) is 71.7 Å². The minimum absolute atomic E-state index is 0.0270. The number of fused-ring (bicyclic) bond motifs is 1. The van der Waals surface area contributed by atoms with Crippen LogP contribution in [0.5, 0.6) is 0 Å². The molecule has 0 saturated heterocycles. The third-order valence-electron chi connectivity index (χ3n) is 6.27. The van der Waals surface area contributed by atoms with Gasteiger partial charge >= 0.3 is 5.97 Å². The van der Waals surface area contributed by atoms with Crippen LogP contribution in [0.15, 0.2) is 54.6 Å². The van der Waals surface area contributed by atoms with Crippen LogP contribution >= 0.6 is 23.2 Å². The fraction of sp³-hybridized carbons (Fsp3) is 0.320. The Morgan fingerprint density at radius 1 is 1.03 bits per heavy atom. The monoisotopic (exact) mass is 444 g/mol. The van der Waals surface area contributed by atoms with Gasteiger partial charge in [-0.15, -0.1) is 11.6 Å². The third kappa shape index (κ3) is 4.33.